The van der Waals surface area contributed by atoms with Gasteiger partial charge in [-0.25, -0.2) is 28.6 Å². The summed E-state index contributed by atoms with van der Waals surface area (Å²) in [7, 11) is -16.7. The Bertz CT molecular complexity index is 1480. The number of anilines is 1. The van der Waals surface area contributed by atoms with E-state index in [1.807, 2.05) is 31.2 Å². The van der Waals surface area contributed by atoms with Crippen LogP contribution in [0.2, 0.25) is 0 Å². The normalized spacial score (nSPS) is 24.9. The van der Waals surface area contributed by atoms with E-state index in [9.17, 15) is 33.7 Å². The average Bonchev–Trinajstić information content (AvgIpc) is 3.35. The van der Waals surface area contributed by atoms with Crippen LogP contribution >= 0.6 is 23.5 Å². The molecule has 7 N–H and O–H groups in total. The molecule has 214 valence electrons. The Labute approximate surface area is 219 Å². The van der Waals surface area contributed by atoms with Crippen molar-refractivity contribution >= 4 is 40.4 Å². The Morgan fingerprint density at radius 3 is 2.46 bits per heavy atom. The topological polar surface area (TPSA) is 265 Å². The number of phosphoric ester groups is 1. The van der Waals surface area contributed by atoms with Crippen molar-refractivity contribution in [1.29, 1.82) is 0 Å². The van der Waals surface area contributed by atoms with Gasteiger partial charge in [-0.1, -0.05) is 29.8 Å². The first kappa shape index (κ1) is 29.8. The second kappa shape index (κ2) is 11.4. The highest BCUT2D eigenvalue weighted by atomic mass is 31.3. The van der Waals surface area contributed by atoms with Crippen molar-refractivity contribution in [2.75, 3.05) is 11.9 Å². The molecule has 1 saturated heterocycles. The minimum atomic E-state index is -5.72. The number of aliphatic hydroxyl groups is 2. The zero-order valence-corrected chi connectivity index (χ0v) is 22.5. The molecule has 18 nitrogen and oxygen atoms in total. The highest BCUT2D eigenvalue weighted by molar-refractivity contribution is 7.66. The van der Waals surface area contributed by atoms with E-state index in [0.29, 0.717) is 17.9 Å². The van der Waals surface area contributed by atoms with Crippen LogP contribution in [0, 0.1) is 6.92 Å². The fourth-order valence-electron chi connectivity index (χ4n) is 3.74. The van der Waals surface area contributed by atoms with Gasteiger partial charge in [-0.15, -0.1) is 0 Å². The summed E-state index contributed by atoms with van der Waals surface area (Å²) in [6, 6.07) is 7.81. The number of fused-ring (bicyclic) bond motifs is 1. The quantitative estimate of drug-likeness (QED) is 0.147. The first-order valence-electron chi connectivity index (χ1n) is 10.9. The van der Waals surface area contributed by atoms with Crippen molar-refractivity contribution in [3.05, 3.63) is 48.0 Å². The zero-order chi connectivity index (χ0) is 28.6. The summed E-state index contributed by atoms with van der Waals surface area (Å²) in [6.45, 7) is 1.44. The summed E-state index contributed by atoms with van der Waals surface area (Å²) in [5.74, 6) is 0.387. The van der Waals surface area contributed by atoms with Gasteiger partial charge in [-0.3, -0.25) is 9.09 Å². The first-order chi connectivity index (χ1) is 18.1. The second-order valence-corrected chi connectivity index (χ2v) is 12.7. The molecule has 2 aromatic heterocycles. The Hall–Kier alpha value is -2.14. The number of imidazole rings is 1. The molecule has 0 spiro atoms. The van der Waals surface area contributed by atoms with Crippen molar-refractivity contribution in [2.45, 2.75) is 38.0 Å². The number of aryl methyl sites for hydroxylation is 1. The third-order valence-corrected chi connectivity index (χ3v) is 9.13. The fourth-order valence-corrected chi connectivity index (χ4v) is 6.77. The van der Waals surface area contributed by atoms with Crippen molar-refractivity contribution in [3.8, 4) is 0 Å². The lowest BCUT2D eigenvalue weighted by atomic mass is 10.1. The second-order valence-electron chi connectivity index (χ2n) is 8.32. The summed E-state index contributed by atoms with van der Waals surface area (Å²) in [5, 5.41) is 24.1. The number of benzene rings is 1. The number of rotatable bonds is 11. The molecule has 2 unspecified atom stereocenters. The molecule has 21 heteroatoms. The van der Waals surface area contributed by atoms with Crippen LogP contribution in [-0.2, 0) is 38.1 Å². The van der Waals surface area contributed by atoms with E-state index < -0.39 is 54.6 Å². The van der Waals surface area contributed by atoms with E-state index in [-0.39, 0.29) is 5.65 Å². The van der Waals surface area contributed by atoms with Gasteiger partial charge in [0.2, 0.25) is 0 Å². The van der Waals surface area contributed by atoms with Crippen LogP contribution in [0.1, 0.15) is 17.4 Å². The predicted molar refractivity (Wildman–Crippen MR) is 130 cm³/mol. The maximum Gasteiger partial charge on any atom is 0.490 e. The minimum absolute atomic E-state index is 0.224. The van der Waals surface area contributed by atoms with Gasteiger partial charge in [-0.05, 0) is 12.5 Å². The lowest BCUT2D eigenvalue weighted by molar-refractivity contribution is -0.0503. The number of nitrogens with one attached hydrogen (secondary N) is 1. The summed E-state index contributed by atoms with van der Waals surface area (Å²) in [5.41, 5.74) is 2.63. The van der Waals surface area contributed by atoms with Crippen LogP contribution in [0.25, 0.3) is 11.2 Å². The van der Waals surface area contributed by atoms with Crippen LogP contribution in [-0.4, -0.2) is 74.2 Å². The van der Waals surface area contributed by atoms with Crippen LogP contribution < -0.4 is 5.32 Å². The maximum atomic E-state index is 12.0. The average molecular weight is 611 g/mol. The molecule has 1 aliphatic heterocycles. The molecular formula is C18H24N5O13P3. The Kier molecular flexibility index (Phi) is 8.71. The van der Waals surface area contributed by atoms with Gasteiger partial charge in [-0.2, -0.15) is 8.62 Å². The van der Waals surface area contributed by atoms with E-state index in [0.717, 1.165) is 11.1 Å². The lowest BCUT2D eigenvalue weighted by Crippen LogP contribution is -2.33. The molecule has 1 aromatic carbocycles. The highest BCUT2D eigenvalue weighted by Gasteiger charge is 2.47. The molecule has 0 saturated carbocycles. The highest BCUT2D eigenvalue weighted by Crippen LogP contribution is 2.66. The number of aromatic nitrogens is 4. The van der Waals surface area contributed by atoms with Crippen molar-refractivity contribution in [3.63, 3.8) is 0 Å². The SMILES string of the molecule is Cc1cccc(CNc2ncnc3c2ncn3[C@@H]2O[C@H](COP(=O)(O)OP(=O)(O)OP(=O)(O)O)[C@@H](O)[C@H]2O)c1. The fraction of sp³-hybridized carbons (Fsp3) is 0.389. The minimum Gasteiger partial charge on any atom is -0.387 e. The summed E-state index contributed by atoms with van der Waals surface area (Å²) in [4.78, 5) is 48.7. The Morgan fingerprint density at radius 2 is 1.77 bits per heavy atom. The molecule has 0 amide bonds. The number of nitrogens with zero attached hydrogens (tertiary/aromatic N) is 4. The van der Waals surface area contributed by atoms with E-state index in [4.69, 9.17) is 14.5 Å². The monoisotopic (exact) mass is 611 g/mol. The number of aliphatic hydroxyl groups excluding tert-OH is 2. The number of hydrogen-bond donors (Lipinski definition) is 7. The number of ether oxygens (including phenoxy) is 1. The summed E-state index contributed by atoms with van der Waals surface area (Å²) >= 11 is 0. The van der Waals surface area contributed by atoms with Crippen LogP contribution in [0.4, 0.5) is 5.82 Å². The van der Waals surface area contributed by atoms with Gasteiger partial charge >= 0.3 is 23.5 Å². The van der Waals surface area contributed by atoms with E-state index in [1.165, 1.54) is 17.2 Å². The van der Waals surface area contributed by atoms with Gasteiger partial charge in [0.15, 0.2) is 23.2 Å². The molecule has 39 heavy (non-hydrogen) atoms. The van der Waals surface area contributed by atoms with Crippen LogP contribution in [0.3, 0.4) is 0 Å². The van der Waals surface area contributed by atoms with Gasteiger partial charge < -0.3 is 39.8 Å². The van der Waals surface area contributed by atoms with Crippen molar-refractivity contribution in [2.24, 2.45) is 0 Å². The number of phosphoric acid groups is 3. The van der Waals surface area contributed by atoms with Crippen molar-refractivity contribution < 1.29 is 61.4 Å². The molecule has 4 rings (SSSR count). The lowest BCUT2D eigenvalue weighted by Gasteiger charge is -2.19. The van der Waals surface area contributed by atoms with Gasteiger partial charge in [0.25, 0.3) is 0 Å². The molecule has 0 bridgehead atoms. The van der Waals surface area contributed by atoms with E-state index in [1.54, 1.807) is 0 Å². The largest absolute Gasteiger partial charge is 0.490 e. The molecule has 3 heterocycles. The van der Waals surface area contributed by atoms with Crippen LogP contribution in [0.5, 0.6) is 0 Å². The maximum absolute atomic E-state index is 12.0. The zero-order valence-electron chi connectivity index (χ0n) is 19.9. The molecule has 6 atom stereocenters. The standard InChI is InChI=1S/C18H24N5O13P3/c1-10-3-2-4-11(5-10)6-19-16-13-17(21-8-20-16)23(9-22-13)18-15(25)14(24)12(34-18)7-33-38(29,30)36-39(31,32)35-37(26,27)28/h2-5,8-9,12,14-15,18,24-25H,6-7H2,1H3,(H,29,30)(H,31,32)(H,19,20,21)(H2,26,27,28)/t12-,14-,15-,18-/m1/s1. The Morgan fingerprint density at radius 1 is 1.03 bits per heavy atom. The molecule has 1 fully saturated rings. The van der Waals surface area contributed by atoms with Gasteiger partial charge in [0, 0.05) is 6.54 Å². The third-order valence-electron chi connectivity index (χ3n) is 5.33. The first-order valence-corrected chi connectivity index (χ1v) is 15.4. The smallest absolute Gasteiger partial charge is 0.387 e. The van der Waals surface area contributed by atoms with Crippen molar-refractivity contribution in [1.82, 2.24) is 19.5 Å². The molecule has 0 aliphatic carbocycles. The number of hydrogen-bond acceptors (Lipinski definition) is 13. The van der Waals surface area contributed by atoms with E-state index in [2.05, 4.69) is 33.4 Å². The summed E-state index contributed by atoms with van der Waals surface area (Å²) < 4.78 is 52.8. The molecular weight excluding hydrogens is 587 g/mol. The molecule has 0 radical (unpaired) electrons. The third kappa shape index (κ3) is 7.54. The predicted octanol–water partition coefficient (Wildman–Crippen LogP) is 0.709. The Balaban J connectivity index is 1.44. The van der Waals surface area contributed by atoms with Gasteiger partial charge in [0.05, 0.1) is 12.9 Å². The summed E-state index contributed by atoms with van der Waals surface area (Å²) in [6.07, 6.45) is -3.50. The van der Waals surface area contributed by atoms with Crippen LogP contribution in [0.15, 0.2) is 36.9 Å². The molecule has 3 aromatic rings. The molecule has 1 aliphatic rings. The van der Waals surface area contributed by atoms with E-state index >= 15 is 0 Å². The van der Waals surface area contributed by atoms with Gasteiger partial charge in [0.1, 0.15) is 24.6 Å².